The van der Waals surface area contributed by atoms with Crippen molar-refractivity contribution in [3.05, 3.63) is 53.9 Å². The van der Waals surface area contributed by atoms with Crippen molar-refractivity contribution in [3.8, 4) is 11.5 Å². The standard InChI is InChI=1S/C15H18N2O2/c1-2-18-14-8-3-4-9-15(14)19-11-13-7-5-6-12(10-16)17-13/h3-9H,2,10-11,16H2,1H3. The number of benzene rings is 1. The van der Waals surface area contributed by atoms with Crippen LogP contribution in [0.4, 0.5) is 0 Å². The molecule has 2 aromatic rings. The van der Waals surface area contributed by atoms with Gasteiger partial charge in [0.1, 0.15) is 6.61 Å². The van der Waals surface area contributed by atoms with Gasteiger partial charge in [-0.05, 0) is 31.2 Å². The van der Waals surface area contributed by atoms with Crippen molar-refractivity contribution in [2.45, 2.75) is 20.1 Å². The Morgan fingerprint density at radius 3 is 2.32 bits per heavy atom. The average molecular weight is 258 g/mol. The first-order valence-corrected chi connectivity index (χ1v) is 6.33. The van der Waals surface area contributed by atoms with E-state index in [0.29, 0.717) is 19.8 Å². The van der Waals surface area contributed by atoms with Gasteiger partial charge in [-0.1, -0.05) is 18.2 Å². The highest BCUT2D eigenvalue weighted by molar-refractivity contribution is 5.39. The van der Waals surface area contributed by atoms with Gasteiger partial charge in [0.15, 0.2) is 11.5 Å². The number of pyridine rings is 1. The van der Waals surface area contributed by atoms with Crippen LogP contribution < -0.4 is 15.2 Å². The maximum absolute atomic E-state index is 5.75. The Balaban J connectivity index is 2.05. The van der Waals surface area contributed by atoms with E-state index in [1.165, 1.54) is 0 Å². The van der Waals surface area contributed by atoms with Crippen LogP contribution >= 0.6 is 0 Å². The molecule has 0 atom stereocenters. The molecule has 1 heterocycles. The van der Waals surface area contributed by atoms with Crippen LogP contribution in [0.15, 0.2) is 42.5 Å². The summed E-state index contributed by atoms with van der Waals surface area (Å²) in [6.45, 7) is 3.39. The molecule has 0 aliphatic heterocycles. The highest BCUT2D eigenvalue weighted by atomic mass is 16.5. The molecule has 100 valence electrons. The predicted molar refractivity (Wildman–Crippen MR) is 74.1 cm³/mol. The molecule has 0 saturated heterocycles. The molecule has 2 N–H and O–H groups in total. The zero-order chi connectivity index (χ0) is 13.5. The minimum atomic E-state index is 0.401. The van der Waals surface area contributed by atoms with E-state index in [1.807, 2.05) is 49.4 Å². The van der Waals surface area contributed by atoms with E-state index in [1.54, 1.807) is 0 Å². The molecule has 0 amide bonds. The Labute approximate surface area is 113 Å². The fourth-order valence-corrected chi connectivity index (χ4v) is 1.72. The van der Waals surface area contributed by atoms with Crippen LogP contribution in [0.3, 0.4) is 0 Å². The molecule has 0 bridgehead atoms. The molecule has 0 spiro atoms. The monoisotopic (exact) mass is 258 g/mol. The summed E-state index contributed by atoms with van der Waals surface area (Å²) in [5, 5.41) is 0. The third kappa shape index (κ3) is 3.69. The van der Waals surface area contributed by atoms with Gasteiger partial charge in [0.25, 0.3) is 0 Å². The molecule has 0 radical (unpaired) electrons. The summed E-state index contributed by atoms with van der Waals surface area (Å²) in [7, 11) is 0. The molecule has 1 aromatic heterocycles. The lowest BCUT2D eigenvalue weighted by molar-refractivity contribution is 0.266. The summed E-state index contributed by atoms with van der Waals surface area (Å²) in [6.07, 6.45) is 0. The van der Waals surface area contributed by atoms with Crippen molar-refractivity contribution in [2.24, 2.45) is 5.73 Å². The van der Waals surface area contributed by atoms with E-state index in [0.717, 1.165) is 22.9 Å². The van der Waals surface area contributed by atoms with Crippen LogP contribution in [-0.2, 0) is 13.2 Å². The second-order valence-corrected chi connectivity index (χ2v) is 3.99. The number of rotatable bonds is 6. The molecule has 4 nitrogen and oxygen atoms in total. The molecule has 19 heavy (non-hydrogen) atoms. The fourth-order valence-electron chi connectivity index (χ4n) is 1.72. The number of nitrogens with zero attached hydrogens (tertiary/aromatic N) is 1. The first-order valence-electron chi connectivity index (χ1n) is 6.33. The molecule has 2 rings (SSSR count). The SMILES string of the molecule is CCOc1ccccc1OCc1cccc(CN)n1. The van der Waals surface area contributed by atoms with Crippen LogP contribution in [-0.4, -0.2) is 11.6 Å². The van der Waals surface area contributed by atoms with Gasteiger partial charge in [0.2, 0.25) is 0 Å². The predicted octanol–water partition coefficient (Wildman–Crippen LogP) is 2.52. The van der Waals surface area contributed by atoms with Gasteiger partial charge in [-0.3, -0.25) is 4.98 Å². The summed E-state index contributed by atoms with van der Waals surface area (Å²) in [4.78, 5) is 4.39. The van der Waals surface area contributed by atoms with Crippen LogP contribution in [0.2, 0.25) is 0 Å². The van der Waals surface area contributed by atoms with Crippen molar-refractivity contribution in [1.29, 1.82) is 0 Å². The van der Waals surface area contributed by atoms with Gasteiger partial charge in [-0.15, -0.1) is 0 Å². The van der Waals surface area contributed by atoms with Gasteiger partial charge in [-0.2, -0.15) is 0 Å². The van der Waals surface area contributed by atoms with E-state index in [4.69, 9.17) is 15.2 Å². The lowest BCUT2D eigenvalue weighted by Gasteiger charge is -2.11. The van der Waals surface area contributed by atoms with Gasteiger partial charge < -0.3 is 15.2 Å². The third-order valence-electron chi connectivity index (χ3n) is 2.60. The Kier molecular flexibility index (Phi) is 4.75. The zero-order valence-corrected chi connectivity index (χ0v) is 11.0. The largest absolute Gasteiger partial charge is 0.490 e. The lowest BCUT2D eigenvalue weighted by atomic mass is 10.3. The number of hydrogen-bond acceptors (Lipinski definition) is 4. The Morgan fingerprint density at radius 1 is 0.947 bits per heavy atom. The van der Waals surface area contributed by atoms with Gasteiger partial charge in [0.05, 0.1) is 18.0 Å². The maximum atomic E-state index is 5.75. The molecule has 0 fully saturated rings. The normalized spacial score (nSPS) is 10.2. The molecule has 0 aliphatic rings. The summed E-state index contributed by atoms with van der Waals surface area (Å²) < 4.78 is 11.3. The fraction of sp³-hybridized carbons (Fsp3) is 0.267. The minimum absolute atomic E-state index is 0.401. The van der Waals surface area contributed by atoms with Gasteiger partial charge >= 0.3 is 0 Å². The van der Waals surface area contributed by atoms with Crippen LogP contribution in [0.1, 0.15) is 18.3 Å². The Morgan fingerprint density at radius 2 is 1.63 bits per heavy atom. The van der Waals surface area contributed by atoms with Crippen molar-refractivity contribution in [3.63, 3.8) is 0 Å². The summed E-state index contributed by atoms with van der Waals surface area (Å²) in [6, 6.07) is 13.4. The van der Waals surface area contributed by atoms with Crippen molar-refractivity contribution in [2.75, 3.05) is 6.61 Å². The number of ether oxygens (including phenoxy) is 2. The summed E-state index contributed by atoms with van der Waals surface area (Å²) in [5.41, 5.74) is 7.28. The zero-order valence-electron chi connectivity index (χ0n) is 11.0. The van der Waals surface area contributed by atoms with Crippen LogP contribution in [0.25, 0.3) is 0 Å². The quantitative estimate of drug-likeness (QED) is 0.865. The van der Waals surface area contributed by atoms with Crippen molar-refractivity contribution >= 4 is 0 Å². The van der Waals surface area contributed by atoms with Crippen molar-refractivity contribution in [1.82, 2.24) is 4.98 Å². The average Bonchev–Trinajstić information content (AvgIpc) is 2.47. The molecule has 1 aromatic carbocycles. The van der Waals surface area contributed by atoms with E-state index >= 15 is 0 Å². The molecule has 0 aliphatic carbocycles. The molecular formula is C15H18N2O2. The number of nitrogens with two attached hydrogens (primary N) is 1. The lowest BCUT2D eigenvalue weighted by Crippen LogP contribution is -2.05. The minimum Gasteiger partial charge on any atom is -0.490 e. The third-order valence-corrected chi connectivity index (χ3v) is 2.60. The van der Waals surface area contributed by atoms with Crippen LogP contribution in [0, 0.1) is 0 Å². The maximum Gasteiger partial charge on any atom is 0.161 e. The Hall–Kier alpha value is -2.07. The first kappa shape index (κ1) is 13.4. The second kappa shape index (κ2) is 6.75. The highest BCUT2D eigenvalue weighted by Gasteiger charge is 2.04. The van der Waals surface area contributed by atoms with E-state index in [2.05, 4.69) is 4.98 Å². The highest BCUT2D eigenvalue weighted by Crippen LogP contribution is 2.26. The van der Waals surface area contributed by atoms with Crippen LogP contribution in [0.5, 0.6) is 11.5 Å². The Bertz CT molecular complexity index is 529. The van der Waals surface area contributed by atoms with E-state index < -0.39 is 0 Å². The molecule has 4 heteroatoms. The van der Waals surface area contributed by atoms with Crippen molar-refractivity contribution < 1.29 is 9.47 Å². The molecular weight excluding hydrogens is 240 g/mol. The molecule has 0 unspecified atom stereocenters. The van der Waals surface area contributed by atoms with Gasteiger partial charge in [0, 0.05) is 6.54 Å². The number of hydrogen-bond donors (Lipinski definition) is 1. The number of aromatic nitrogens is 1. The molecule has 0 saturated carbocycles. The van der Waals surface area contributed by atoms with Gasteiger partial charge in [-0.25, -0.2) is 0 Å². The summed E-state index contributed by atoms with van der Waals surface area (Å²) in [5.74, 6) is 1.48. The van der Waals surface area contributed by atoms with E-state index in [-0.39, 0.29) is 0 Å². The first-order chi connectivity index (χ1) is 9.33. The smallest absolute Gasteiger partial charge is 0.161 e. The second-order valence-electron chi connectivity index (χ2n) is 3.99. The topological polar surface area (TPSA) is 57.4 Å². The number of para-hydroxylation sites is 2. The summed E-state index contributed by atoms with van der Waals surface area (Å²) >= 11 is 0. The van der Waals surface area contributed by atoms with E-state index in [9.17, 15) is 0 Å².